The second-order valence-electron chi connectivity index (χ2n) is 5.25. The Morgan fingerprint density at radius 2 is 1.82 bits per heavy atom. The molecular weight excluding hydrogens is 236 g/mol. The maximum atomic E-state index is 11.5. The first kappa shape index (κ1) is 14.0. The molecule has 0 heterocycles. The van der Waals surface area contributed by atoms with Crippen LogP contribution in [0.2, 0.25) is 5.02 Å². The summed E-state index contributed by atoms with van der Waals surface area (Å²) >= 11 is 5.87. The molecule has 1 atom stereocenters. The van der Waals surface area contributed by atoms with E-state index in [1.54, 1.807) is 0 Å². The van der Waals surface area contributed by atoms with E-state index in [1.807, 2.05) is 24.3 Å². The Hall–Kier alpha value is -1.02. The van der Waals surface area contributed by atoms with Crippen molar-refractivity contribution in [3.05, 3.63) is 34.9 Å². The molecule has 0 aromatic heterocycles. The minimum atomic E-state index is -0.181. The highest BCUT2D eigenvalue weighted by Crippen LogP contribution is 2.38. The maximum absolute atomic E-state index is 11.5. The molecule has 94 valence electrons. The highest BCUT2D eigenvalue weighted by atomic mass is 35.5. The summed E-state index contributed by atoms with van der Waals surface area (Å²) in [5.41, 5.74) is 1.12. The Kier molecular flexibility index (Phi) is 4.58. The van der Waals surface area contributed by atoms with Crippen molar-refractivity contribution in [2.24, 2.45) is 5.41 Å². The number of methoxy groups -OCH3 is 1. The summed E-state index contributed by atoms with van der Waals surface area (Å²) in [6.45, 7) is 6.36. The van der Waals surface area contributed by atoms with Gasteiger partial charge in [0.25, 0.3) is 0 Å². The number of hydrogen-bond acceptors (Lipinski definition) is 2. The second-order valence-corrected chi connectivity index (χ2v) is 5.69. The molecule has 1 rings (SSSR count). The Bertz CT molecular complexity index is 376. The molecule has 0 N–H and O–H groups in total. The predicted octanol–water partition coefficient (Wildman–Crippen LogP) is 4.03. The van der Waals surface area contributed by atoms with Crippen LogP contribution in [0.4, 0.5) is 0 Å². The summed E-state index contributed by atoms with van der Waals surface area (Å²) < 4.78 is 4.76. The molecule has 0 amide bonds. The van der Waals surface area contributed by atoms with Crippen LogP contribution in [0.1, 0.15) is 38.7 Å². The Balaban J connectivity index is 2.98. The van der Waals surface area contributed by atoms with Gasteiger partial charge in [-0.1, -0.05) is 44.5 Å². The molecule has 0 unspecified atom stereocenters. The van der Waals surface area contributed by atoms with Crippen LogP contribution in [0.3, 0.4) is 0 Å². The van der Waals surface area contributed by atoms with E-state index in [-0.39, 0.29) is 17.3 Å². The van der Waals surface area contributed by atoms with E-state index in [9.17, 15) is 4.79 Å². The molecule has 0 bridgehead atoms. The fraction of sp³-hybridized carbons (Fsp3) is 0.500. The number of carbonyl (C=O) groups is 1. The second kappa shape index (κ2) is 5.54. The number of esters is 1. The third-order valence-corrected chi connectivity index (χ3v) is 3.17. The average Bonchev–Trinajstić information content (AvgIpc) is 2.25. The van der Waals surface area contributed by atoms with Crippen molar-refractivity contribution in [1.29, 1.82) is 0 Å². The van der Waals surface area contributed by atoms with Gasteiger partial charge in [-0.25, -0.2) is 0 Å². The Morgan fingerprint density at radius 1 is 1.29 bits per heavy atom. The van der Waals surface area contributed by atoms with Crippen molar-refractivity contribution in [2.45, 2.75) is 33.1 Å². The molecule has 0 aliphatic rings. The van der Waals surface area contributed by atoms with Crippen molar-refractivity contribution in [1.82, 2.24) is 0 Å². The van der Waals surface area contributed by atoms with Crippen LogP contribution in [0.15, 0.2) is 24.3 Å². The molecular formula is C14H19ClO2. The number of rotatable bonds is 3. The first-order valence-corrected chi connectivity index (χ1v) is 6.04. The minimum absolute atomic E-state index is 0.00200. The normalized spacial score (nSPS) is 13.2. The van der Waals surface area contributed by atoms with E-state index < -0.39 is 0 Å². The van der Waals surface area contributed by atoms with Crippen molar-refractivity contribution < 1.29 is 9.53 Å². The lowest BCUT2D eigenvalue weighted by Crippen LogP contribution is -2.22. The first-order chi connectivity index (χ1) is 7.84. The average molecular weight is 255 g/mol. The molecule has 3 heteroatoms. The monoisotopic (exact) mass is 254 g/mol. The topological polar surface area (TPSA) is 26.3 Å². The molecule has 1 aromatic carbocycles. The van der Waals surface area contributed by atoms with Gasteiger partial charge in [-0.3, -0.25) is 4.79 Å². The zero-order valence-electron chi connectivity index (χ0n) is 10.8. The maximum Gasteiger partial charge on any atom is 0.306 e. The summed E-state index contributed by atoms with van der Waals surface area (Å²) in [6, 6.07) is 7.65. The number of benzene rings is 1. The van der Waals surface area contributed by atoms with Crippen molar-refractivity contribution in [2.75, 3.05) is 7.11 Å². The third kappa shape index (κ3) is 4.04. The number of ether oxygens (including phenoxy) is 1. The summed E-state index contributed by atoms with van der Waals surface area (Å²) in [6.07, 6.45) is 0.391. The van der Waals surface area contributed by atoms with Crippen molar-refractivity contribution >= 4 is 17.6 Å². The van der Waals surface area contributed by atoms with Gasteiger partial charge in [0.05, 0.1) is 13.5 Å². The molecule has 0 saturated carbocycles. The van der Waals surface area contributed by atoms with Gasteiger partial charge in [-0.05, 0) is 29.0 Å². The third-order valence-electron chi connectivity index (χ3n) is 2.92. The lowest BCUT2D eigenvalue weighted by molar-refractivity contribution is -0.141. The molecule has 17 heavy (non-hydrogen) atoms. The van der Waals surface area contributed by atoms with E-state index in [4.69, 9.17) is 16.3 Å². The standard InChI is InChI=1S/C14H19ClO2/c1-14(2,3)12(9-13(16)17-4)10-5-7-11(15)8-6-10/h5-8,12H,9H2,1-4H3/t12-/m0/s1. The molecule has 0 spiro atoms. The van der Waals surface area contributed by atoms with Gasteiger partial charge in [0.15, 0.2) is 0 Å². The van der Waals surface area contributed by atoms with Gasteiger partial charge in [-0.2, -0.15) is 0 Å². The molecule has 0 aliphatic carbocycles. The lowest BCUT2D eigenvalue weighted by atomic mass is 9.75. The van der Waals surface area contributed by atoms with Crippen LogP contribution < -0.4 is 0 Å². The molecule has 0 saturated heterocycles. The predicted molar refractivity (Wildman–Crippen MR) is 70.3 cm³/mol. The van der Waals surface area contributed by atoms with E-state index in [2.05, 4.69) is 20.8 Å². The van der Waals surface area contributed by atoms with E-state index >= 15 is 0 Å². The number of halogens is 1. The van der Waals surface area contributed by atoms with Crippen LogP contribution >= 0.6 is 11.6 Å². The van der Waals surface area contributed by atoms with E-state index in [0.29, 0.717) is 11.4 Å². The minimum Gasteiger partial charge on any atom is -0.469 e. The van der Waals surface area contributed by atoms with E-state index in [1.165, 1.54) is 7.11 Å². The number of carbonyl (C=O) groups excluding carboxylic acids is 1. The van der Waals surface area contributed by atoms with Crippen molar-refractivity contribution in [3.8, 4) is 0 Å². The summed E-state index contributed by atoms with van der Waals surface area (Å²) in [7, 11) is 1.42. The summed E-state index contributed by atoms with van der Waals surface area (Å²) in [5.74, 6) is -0.0490. The van der Waals surface area contributed by atoms with Crippen molar-refractivity contribution in [3.63, 3.8) is 0 Å². The fourth-order valence-electron chi connectivity index (χ4n) is 1.87. The summed E-state index contributed by atoms with van der Waals surface area (Å²) in [4.78, 5) is 11.5. The first-order valence-electron chi connectivity index (χ1n) is 5.67. The van der Waals surface area contributed by atoms with Gasteiger partial charge in [0.1, 0.15) is 0 Å². The largest absolute Gasteiger partial charge is 0.469 e. The van der Waals surface area contributed by atoms with Gasteiger partial charge in [0, 0.05) is 5.02 Å². The molecule has 0 radical (unpaired) electrons. The lowest BCUT2D eigenvalue weighted by Gasteiger charge is -2.30. The Morgan fingerprint density at radius 3 is 2.24 bits per heavy atom. The SMILES string of the molecule is COC(=O)C[C@@H](c1ccc(Cl)cc1)C(C)(C)C. The van der Waals surface area contributed by atoms with Crippen LogP contribution in [0, 0.1) is 5.41 Å². The molecule has 2 nitrogen and oxygen atoms in total. The van der Waals surface area contributed by atoms with Gasteiger partial charge >= 0.3 is 5.97 Å². The highest BCUT2D eigenvalue weighted by Gasteiger charge is 2.28. The van der Waals surface area contributed by atoms with Crippen LogP contribution in [0.25, 0.3) is 0 Å². The van der Waals surface area contributed by atoms with Gasteiger partial charge in [0.2, 0.25) is 0 Å². The Labute approximate surface area is 108 Å². The molecule has 0 aliphatic heterocycles. The quantitative estimate of drug-likeness (QED) is 0.761. The molecule has 0 fully saturated rings. The summed E-state index contributed by atoms with van der Waals surface area (Å²) in [5, 5.41) is 0.708. The van der Waals surface area contributed by atoms with Crippen LogP contribution in [-0.2, 0) is 9.53 Å². The van der Waals surface area contributed by atoms with Gasteiger partial charge < -0.3 is 4.74 Å². The highest BCUT2D eigenvalue weighted by molar-refractivity contribution is 6.30. The number of hydrogen-bond donors (Lipinski definition) is 0. The van der Waals surface area contributed by atoms with Crippen LogP contribution in [0.5, 0.6) is 0 Å². The van der Waals surface area contributed by atoms with E-state index in [0.717, 1.165) is 5.56 Å². The van der Waals surface area contributed by atoms with Gasteiger partial charge in [-0.15, -0.1) is 0 Å². The smallest absolute Gasteiger partial charge is 0.306 e. The van der Waals surface area contributed by atoms with Crippen LogP contribution in [-0.4, -0.2) is 13.1 Å². The zero-order chi connectivity index (χ0) is 13.1. The fourth-order valence-corrected chi connectivity index (χ4v) is 2.00. The zero-order valence-corrected chi connectivity index (χ0v) is 11.5. The molecule has 1 aromatic rings.